The van der Waals surface area contributed by atoms with Crippen molar-refractivity contribution in [3.8, 4) is 0 Å². The Morgan fingerprint density at radius 1 is 0.944 bits per heavy atom. The molecule has 0 saturated carbocycles. The molecule has 0 aliphatic carbocycles. The third-order valence-corrected chi connectivity index (χ3v) is 3.82. The minimum Gasteiger partial charge on any atom is -0.291 e. The lowest BCUT2D eigenvalue weighted by Gasteiger charge is -2.47. The van der Waals surface area contributed by atoms with Crippen LogP contribution in [0.5, 0.6) is 0 Å². The standard InChI is InChI=1S/C17H19N/c1-14-12-18(13-15-8-4-2-5-9-15)17(14)16-10-6-3-7-11-16/h2-11,14,17H,12-13H2,1H3. The van der Waals surface area contributed by atoms with E-state index in [9.17, 15) is 0 Å². The largest absolute Gasteiger partial charge is 0.291 e. The van der Waals surface area contributed by atoms with Crippen molar-refractivity contribution in [3.63, 3.8) is 0 Å². The molecule has 1 fully saturated rings. The number of likely N-dealkylation sites (tertiary alicyclic amines) is 1. The van der Waals surface area contributed by atoms with Crippen molar-refractivity contribution in [2.75, 3.05) is 6.54 Å². The maximum Gasteiger partial charge on any atom is 0.0389 e. The van der Waals surface area contributed by atoms with Crippen LogP contribution in [0, 0.1) is 5.92 Å². The quantitative estimate of drug-likeness (QED) is 0.783. The van der Waals surface area contributed by atoms with Gasteiger partial charge in [-0.2, -0.15) is 0 Å². The fraction of sp³-hybridized carbons (Fsp3) is 0.294. The topological polar surface area (TPSA) is 3.24 Å². The summed E-state index contributed by atoms with van der Waals surface area (Å²) in [7, 11) is 0. The van der Waals surface area contributed by atoms with Crippen LogP contribution in [0.15, 0.2) is 60.7 Å². The summed E-state index contributed by atoms with van der Waals surface area (Å²) in [5.41, 5.74) is 2.86. The van der Waals surface area contributed by atoms with E-state index in [1.807, 2.05) is 0 Å². The van der Waals surface area contributed by atoms with E-state index < -0.39 is 0 Å². The van der Waals surface area contributed by atoms with E-state index >= 15 is 0 Å². The van der Waals surface area contributed by atoms with Crippen molar-refractivity contribution in [2.45, 2.75) is 19.5 Å². The van der Waals surface area contributed by atoms with Crippen LogP contribution in [0.4, 0.5) is 0 Å². The Morgan fingerprint density at radius 3 is 2.17 bits per heavy atom. The normalized spacial score (nSPS) is 23.6. The highest BCUT2D eigenvalue weighted by Crippen LogP contribution is 2.39. The minimum absolute atomic E-state index is 0.589. The molecule has 0 N–H and O–H groups in total. The van der Waals surface area contributed by atoms with Gasteiger partial charge in [0.25, 0.3) is 0 Å². The average molecular weight is 237 g/mol. The molecule has 1 aliphatic heterocycles. The molecule has 1 aliphatic rings. The molecule has 2 aromatic carbocycles. The molecule has 92 valence electrons. The molecule has 0 spiro atoms. The monoisotopic (exact) mass is 237 g/mol. The molecule has 2 atom stereocenters. The molecule has 0 radical (unpaired) electrons. The molecule has 0 bridgehead atoms. The SMILES string of the molecule is CC1CN(Cc2ccccc2)C1c1ccccc1. The highest BCUT2D eigenvalue weighted by Gasteiger charge is 2.36. The highest BCUT2D eigenvalue weighted by atomic mass is 15.2. The molecule has 2 aromatic rings. The zero-order valence-electron chi connectivity index (χ0n) is 10.8. The molecule has 1 heteroatoms. The Bertz CT molecular complexity index is 492. The first-order valence-electron chi connectivity index (χ1n) is 6.67. The Kier molecular flexibility index (Phi) is 3.16. The lowest BCUT2D eigenvalue weighted by Crippen LogP contribution is -2.47. The van der Waals surface area contributed by atoms with Crippen molar-refractivity contribution in [1.29, 1.82) is 0 Å². The van der Waals surface area contributed by atoms with Crippen LogP contribution in [-0.2, 0) is 6.54 Å². The Morgan fingerprint density at radius 2 is 1.56 bits per heavy atom. The van der Waals surface area contributed by atoms with Gasteiger partial charge >= 0.3 is 0 Å². The summed E-state index contributed by atoms with van der Waals surface area (Å²) in [6.07, 6.45) is 0. The van der Waals surface area contributed by atoms with Crippen molar-refractivity contribution in [3.05, 3.63) is 71.8 Å². The fourth-order valence-corrected chi connectivity index (χ4v) is 2.98. The maximum absolute atomic E-state index is 2.56. The lowest BCUT2D eigenvalue weighted by molar-refractivity contribution is 0.0163. The van der Waals surface area contributed by atoms with Crippen LogP contribution in [0.1, 0.15) is 24.1 Å². The minimum atomic E-state index is 0.589. The summed E-state index contributed by atoms with van der Waals surface area (Å²) in [6.45, 7) is 4.61. The molecule has 18 heavy (non-hydrogen) atoms. The molecule has 0 amide bonds. The summed E-state index contributed by atoms with van der Waals surface area (Å²) in [5, 5.41) is 0. The summed E-state index contributed by atoms with van der Waals surface area (Å²) in [5.74, 6) is 0.760. The van der Waals surface area contributed by atoms with Gasteiger partial charge in [-0.1, -0.05) is 67.6 Å². The van der Waals surface area contributed by atoms with Crippen molar-refractivity contribution >= 4 is 0 Å². The smallest absolute Gasteiger partial charge is 0.0389 e. The van der Waals surface area contributed by atoms with Crippen molar-refractivity contribution in [2.24, 2.45) is 5.92 Å². The Labute approximate surface area is 109 Å². The molecular weight excluding hydrogens is 218 g/mol. The van der Waals surface area contributed by atoms with Gasteiger partial charge in [-0.05, 0) is 17.0 Å². The van der Waals surface area contributed by atoms with E-state index in [1.165, 1.54) is 17.7 Å². The predicted molar refractivity (Wildman–Crippen MR) is 75.2 cm³/mol. The molecule has 2 unspecified atom stereocenters. The number of benzene rings is 2. The summed E-state index contributed by atoms with van der Waals surface area (Å²) in [4.78, 5) is 2.56. The Hall–Kier alpha value is -1.60. The molecule has 3 rings (SSSR count). The number of rotatable bonds is 3. The van der Waals surface area contributed by atoms with Gasteiger partial charge in [0.2, 0.25) is 0 Å². The summed E-state index contributed by atoms with van der Waals surface area (Å²) < 4.78 is 0. The van der Waals surface area contributed by atoms with Gasteiger partial charge in [0.15, 0.2) is 0 Å². The van der Waals surface area contributed by atoms with Crippen molar-refractivity contribution in [1.82, 2.24) is 4.90 Å². The van der Waals surface area contributed by atoms with Gasteiger partial charge < -0.3 is 0 Å². The zero-order chi connectivity index (χ0) is 12.4. The second kappa shape index (κ2) is 4.95. The molecule has 1 nitrogen and oxygen atoms in total. The highest BCUT2D eigenvalue weighted by molar-refractivity contribution is 5.23. The predicted octanol–water partition coefficient (Wildman–Crippen LogP) is 3.88. The van der Waals surface area contributed by atoms with Crippen LogP contribution in [-0.4, -0.2) is 11.4 Å². The first-order valence-corrected chi connectivity index (χ1v) is 6.67. The lowest BCUT2D eigenvalue weighted by atomic mass is 9.84. The second-order valence-electron chi connectivity index (χ2n) is 5.25. The van der Waals surface area contributed by atoms with E-state index in [2.05, 4.69) is 72.5 Å². The maximum atomic E-state index is 2.56. The van der Waals surface area contributed by atoms with E-state index in [0.717, 1.165) is 12.5 Å². The van der Waals surface area contributed by atoms with E-state index in [0.29, 0.717) is 6.04 Å². The Balaban J connectivity index is 1.75. The average Bonchev–Trinajstić information content (AvgIpc) is 2.40. The molecule has 0 aromatic heterocycles. The van der Waals surface area contributed by atoms with Crippen LogP contribution in [0.25, 0.3) is 0 Å². The van der Waals surface area contributed by atoms with Crippen LogP contribution in [0.2, 0.25) is 0 Å². The summed E-state index contributed by atoms with van der Waals surface area (Å²) >= 11 is 0. The van der Waals surface area contributed by atoms with E-state index in [4.69, 9.17) is 0 Å². The first-order chi connectivity index (χ1) is 8.84. The number of hydrogen-bond donors (Lipinski definition) is 0. The molecule has 1 heterocycles. The number of hydrogen-bond acceptors (Lipinski definition) is 1. The third-order valence-electron chi connectivity index (χ3n) is 3.82. The van der Waals surface area contributed by atoms with Gasteiger partial charge in [-0.3, -0.25) is 4.90 Å². The van der Waals surface area contributed by atoms with Gasteiger partial charge in [0.1, 0.15) is 0 Å². The van der Waals surface area contributed by atoms with Crippen LogP contribution in [0.3, 0.4) is 0 Å². The number of nitrogens with zero attached hydrogens (tertiary/aromatic N) is 1. The zero-order valence-corrected chi connectivity index (χ0v) is 10.8. The first kappa shape index (κ1) is 11.5. The third kappa shape index (κ3) is 2.19. The van der Waals surface area contributed by atoms with Gasteiger partial charge in [0, 0.05) is 19.1 Å². The second-order valence-corrected chi connectivity index (χ2v) is 5.25. The molecule has 1 saturated heterocycles. The van der Waals surface area contributed by atoms with Gasteiger partial charge in [-0.25, -0.2) is 0 Å². The fourth-order valence-electron chi connectivity index (χ4n) is 2.98. The molecular formula is C17H19N. The van der Waals surface area contributed by atoms with Gasteiger partial charge in [-0.15, -0.1) is 0 Å². The van der Waals surface area contributed by atoms with Crippen LogP contribution >= 0.6 is 0 Å². The van der Waals surface area contributed by atoms with E-state index in [-0.39, 0.29) is 0 Å². The van der Waals surface area contributed by atoms with Gasteiger partial charge in [0.05, 0.1) is 0 Å². The van der Waals surface area contributed by atoms with E-state index in [1.54, 1.807) is 0 Å². The van der Waals surface area contributed by atoms with Crippen LogP contribution < -0.4 is 0 Å². The van der Waals surface area contributed by atoms with Crippen molar-refractivity contribution < 1.29 is 0 Å². The summed E-state index contributed by atoms with van der Waals surface area (Å²) in [6, 6.07) is 22.2.